The van der Waals surface area contributed by atoms with Gasteiger partial charge in [-0.05, 0) is 77.0 Å². The van der Waals surface area contributed by atoms with E-state index >= 15 is 0 Å². The van der Waals surface area contributed by atoms with Crippen LogP contribution in [0.3, 0.4) is 0 Å². The van der Waals surface area contributed by atoms with Gasteiger partial charge < -0.3 is 20.3 Å². The average Bonchev–Trinajstić information content (AvgIpc) is 3.32. The zero-order chi connectivity index (χ0) is 48.8. The van der Waals surface area contributed by atoms with Gasteiger partial charge in [-0.3, -0.25) is 9.59 Å². The Morgan fingerprint density at radius 3 is 1.22 bits per heavy atom. The molecule has 3 unspecified atom stereocenters. The summed E-state index contributed by atoms with van der Waals surface area (Å²) in [6.45, 7) is 6.46. The van der Waals surface area contributed by atoms with Gasteiger partial charge in [0.05, 0.1) is 25.2 Å². The second-order valence-electron chi connectivity index (χ2n) is 19.8. The van der Waals surface area contributed by atoms with Crippen molar-refractivity contribution in [3.8, 4) is 0 Å². The Balaban J connectivity index is 4.62. The van der Waals surface area contributed by atoms with Gasteiger partial charge in [-0.25, -0.2) is 0 Å². The van der Waals surface area contributed by atoms with Crippen molar-refractivity contribution < 1.29 is 24.5 Å². The number of hydrogen-bond donors (Lipinski definition) is 3. The molecule has 0 aromatic carbocycles. The van der Waals surface area contributed by atoms with E-state index in [0.717, 1.165) is 83.5 Å². The van der Waals surface area contributed by atoms with E-state index in [4.69, 9.17) is 4.74 Å². The lowest BCUT2D eigenvalue weighted by Crippen LogP contribution is -2.46. The largest absolute Gasteiger partial charge is 0.462 e. The standard InChI is InChI=1S/C61H111NO5/c1-4-7-10-13-16-19-22-25-27-29-31-33-36-39-42-45-48-51-54-61(66)67-57(52-49-46-43-40-37-35-32-30-28-26-23-20-17-14-11-8-5-2)55-60(65)62-58(56-63)59(64)53-50-47-44-41-38-34-24-21-18-15-12-9-6-3/h16,19,22,25-29,31,33,57-59,63-64H,4-15,17-18,20-21,23-24,30,32,34-56H2,1-3H3,(H,62,65)/b19-16+,25-22+,28-26+,29-27+,33-31+. The molecule has 0 bridgehead atoms. The van der Waals surface area contributed by atoms with Gasteiger partial charge in [0.2, 0.25) is 5.91 Å². The SMILES string of the molecule is CCCCC/C=C/C=C/C=C/C=C/CCCCCCCC(=O)OC(CCCCCCCCC/C=C/CCCCCCCC)CC(=O)NC(CO)C(O)CCCCCCCCCCCCCCC. The number of esters is 1. The van der Waals surface area contributed by atoms with E-state index in [2.05, 4.69) is 86.8 Å². The highest BCUT2D eigenvalue weighted by Gasteiger charge is 2.24. The Labute approximate surface area is 416 Å². The van der Waals surface area contributed by atoms with Crippen molar-refractivity contribution >= 4 is 11.9 Å². The summed E-state index contributed by atoms with van der Waals surface area (Å²) >= 11 is 0. The number of rotatable bonds is 52. The van der Waals surface area contributed by atoms with Crippen molar-refractivity contribution in [3.05, 3.63) is 60.8 Å². The van der Waals surface area contributed by atoms with Crippen LogP contribution in [0.5, 0.6) is 0 Å². The number of unbranched alkanes of at least 4 members (excludes halogenated alkanes) is 33. The molecule has 0 saturated heterocycles. The van der Waals surface area contributed by atoms with Crippen LogP contribution in [0.4, 0.5) is 0 Å². The van der Waals surface area contributed by atoms with Crippen LogP contribution < -0.4 is 5.32 Å². The first-order chi connectivity index (χ1) is 33.0. The van der Waals surface area contributed by atoms with E-state index in [-0.39, 0.29) is 24.9 Å². The number of carbonyl (C=O) groups excluding carboxylic acids is 2. The molecule has 3 N–H and O–H groups in total. The molecule has 1 amide bonds. The number of allylic oxidation sites excluding steroid dienone is 10. The molecule has 0 aliphatic carbocycles. The van der Waals surface area contributed by atoms with E-state index in [1.807, 2.05) is 0 Å². The zero-order valence-corrected chi connectivity index (χ0v) is 44.5. The van der Waals surface area contributed by atoms with Crippen LogP contribution in [0.1, 0.15) is 290 Å². The molecule has 6 nitrogen and oxygen atoms in total. The van der Waals surface area contributed by atoms with Gasteiger partial charge in [-0.2, -0.15) is 0 Å². The minimum absolute atomic E-state index is 0.0647. The summed E-state index contributed by atoms with van der Waals surface area (Å²) in [5.74, 6) is -0.496. The maximum atomic E-state index is 13.3. The van der Waals surface area contributed by atoms with Crippen LogP contribution in [0.15, 0.2) is 60.8 Å². The molecule has 0 heterocycles. The van der Waals surface area contributed by atoms with E-state index in [1.54, 1.807) is 0 Å². The highest BCUT2D eigenvalue weighted by Crippen LogP contribution is 2.18. The maximum absolute atomic E-state index is 13.3. The third kappa shape index (κ3) is 49.8. The Hall–Kier alpha value is -2.44. The van der Waals surface area contributed by atoms with Crippen molar-refractivity contribution in [2.75, 3.05) is 6.61 Å². The Kier molecular flexibility index (Phi) is 52.5. The minimum atomic E-state index is -0.795. The monoisotopic (exact) mass is 938 g/mol. The van der Waals surface area contributed by atoms with Crippen LogP contribution in [0.2, 0.25) is 0 Å². The van der Waals surface area contributed by atoms with Crippen molar-refractivity contribution in [1.29, 1.82) is 0 Å². The Bertz CT molecular complexity index is 1190. The summed E-state index contributed by atoms with van der Waals surface area (Å²) in [7, 11) is 0. The fraction of sp³-hybridized carbons (Fsp3) is 0.803. The van der Waals surface area contributed by atoms with Gasteiger partial charge in [-0.1, -0.05) is 261 Å². The van der Waals surface area contributed by atoms with Crippen LogP contribution in [0.25, 0.3) is 0 Å². The number of carbonyl (C=O) groups is 2. The average molecular weight is 939 g/mol. The van der Waals surface area contributed by atoms with Gasteiger partial charge in [0.15, 0.2) is 0 Å². The van der Waals surface area contributed by atoms with Crippen LogP contribution >= 0.6 is 0 Å². The number of hydrogen-bond acceptors (Lipinski definition) is 5. The number of ether oxygens (including phenoxy) is 1. The Morgan fingerprint density at radius 2 is 0.776 bits per heavy atom. The number of nitrogens with one attached hydrogen (secondary N) is 1. The second-order valence-corrected chi connectivity index (χ2v) is 19.8. The van der Waals surface area contributed by atoms with Gasteiger partial charge in [-0.15, -0.1) is 0 Å². The van der Waals surface area contributed by atoms with Gasteiger partial charge in [0, 0.05) is 6.42 Å². The minimum Gasteiger partial charge on any atom is -0.462 e. The predicted octanol–water partition coefficient (Wildman–Crippen LogP) is 18.0. The first-order valence-electron chi connectivity index (χ1n) is 29.1. The van der Waals surface area contributed by atoms with Gasteiger partial charge >= 0.3 is 5.97 Å². The molecule has 3 atom stereocenters. The maximum Gasteiger partial charge on any atom is 0.306 e. The summed E-state index contributed by atoms with van der Waals surface area (Å²) in [4.78, 5) is 26.3. The van der Waals surface area contributed by atoms with Crippen LogP contribution in [-0.4, -0.2) is 46.9 Å². The van der Waals surface area contributed by atoms with E-state index in [1.165, 1.54) is 161 Å². The van der Waals surface area contributed by atoms with Crippen LogP contribution in [0, 0.1) is 0 Å². The van der Waals surface area contributed by atoms with E-state index in [9.17, 15) is 19.8 Å². The normalized spacial score (nSPS) is 13.6. The molecule has 0 aliphatic heterocycles. The molecule has 6 heteroatoms. The molecular weight excluding hydrogens is 827 g/mol. The molecule has 67 heavy (non-hydrogen) atoms. The van der Waals surface area contributed by atoms with Crippen molar-refractivity contribution in [3.63, 3.8) is 0 Å². The number of aliphatic hydroxyl groups is 2. The van der Waals surface area contributed by atoms with E-state index in [0.29, 0.717) is 19.3 Å². The zero-order valence-electron chi connectivity index (χ0n) is 44.5. The topological polar surface area (TPSA) is 95.9 Å². The quantitative estimate of drug-likeness (QED) is 0.0244. The summed E-state index contributed by atoms with van der Waals surface area (Å²) in [5.41, 5.74) is 0. The fourth-order valence-electron chi connectivity index (χ4n) is 8.73. The first-order valence-corrected chi connectivity index (χ1v) is 29.1. The van der Waals surface area contributed by atoms with E-state index < -0.39 is 18.2 Å². The van der Waals surface area contributed by atoms with Crippen LogP contribution in [-0.2, 0) is 14.3 Å². The second kappa shape index (κ2) is 54.5. The molecule has 390 valence electrons. The lowest BCUT2D eigenvalue weighted by atomic mass is 10.0. The molecule has 0 fully saturated rings. The summed E-state index contributed by atoms with van der Waals surface area (Å²) in [6.07, 6.45) is 68.5. The molecule has 0 aromatic heterocycles. The first kappa shape index (κ1) is 64.6. The molecule has 0 aliphatic rings. The van der Waals surface area contributed by atoms with Gasteiger partial charge in [0.25, 0.3) is 0 Å². The number of amides is 1. The highest BCUT2D eigenvalue weighted by molar-refractivity contribution is 5.77. The lowest BCUT2D eigenvalue weighted by Gasteiger charge is -2.24. The summed E-state index contributed by atoms with van der Waals surface area (Å²) in [6, 6.07) is -0.710. The van der Waals surface area contributed by atoms with Crippen molar-refractivity contribution in [2.24, 2.45) is 0 Å². The smallest absolute Gasteiger partial charge is 0.306 e. The lowest BCUT2D eigenvalue weighted by molar-refractivity contribution is -0.151. The molecule has 0 rings (SSSR count). The molecule has 0 saturated carbocycles. The fourth-order valence-corrected chi connectivity index (χ4v) is 8.73. The van der Waals surface area contributed by atoms with Crippen molar-refractivity contribution in [1.82, 2.24) is 5.32 Å². The molecule has 0 spiro atoms. The third-order valence-electron chi connectivity index (χ3n) is 13.2. The predicted molar refractivity (Wildman–Crippen MR) is 292 cm³/mol. The Morgan fingerprint density at radius 1 is 0.433 bits per heavy atom. The summed E-state index contributed by atoms with van der Waals surface area (Å²) < 4.78 is 5.96. The van der Waals surface area contributed by atoms with Gasteiger partial charge in [0.1, 0.15) is 6.10 Å². The highest BCUT2D eigenvalue weighted by atomic mass is 16.5. The molecular formula is C61H111NO5. The molecule has 0 radical (unpaired) electrons. The number of aliphatic hydroxyl groups excluding tert-OH is 2. The summed E-state index contributed by atoms with van der Waals surface area (Å²) in [5, 5.41) is 23.9. The molecule has 0 aromatic rings. The van der Waals surface area contributed by atoms with Crippen molar-refractivity contribution in [2.45, 2.75) is 309 Å². The third-order valence-corrected chi connectivity index (χ3v) is 13.2.